The van der Waals surface area contributed by atoms with Crippen LogP contribution in [0.4, 0.5) is 0 Å². The Balaban J connectivity index is 1.79. The number of imide groups is 1. The van der Waals surface area contributed by atoms with Gasteiger partial charge in [-0.15, -0.1) is 0 Å². The molecule has 2 aliphatic rings. The molecule has 2 bridgehead atoms. The fourth-order valence-corrected chi connectivity index (χ4v) is 4.38. The Morgan fingerprint density at radius 2 is 1.88 bits per heavy atom. The van der Waals surface area contributed by atoms with Crippen molar-refractivity contribution in [3.05, 3.63) is 0 Å². The maximum absolute atomic E-state index is 12.9. The summed E-state index contributed by atoms with van der Waals surface area (Å²) >= 11 is 0. The number of likely N-dealkylation sites (tertiary alicyclic amines) is 1. The quantitative estimate of drug-likeness (QED) is 0.513. The lowest BCUT2D eigenvalue weighted by Crippen LogP contribution is -2.59. The first kappa shape index (κ1) is 19.9. The van der Waals surface area contributed by atoms with Gasteiger partial charge in [0.1, 0.15) is 0 Å². The number of amides is 3. The highest BCUT2D eigenvalue weighted by molar-refractivity contribution is 6.03. The van der Waals surface area contributed by atoms with Gasteiger partial charge in [-0.3, -0.25) is 19.3 Å². The zero-order chi connectivity index (χ0) is 18.7. The normalized spacial score (nSPS) is 27.7. The Morgan fingerprint density at radius 3 is 2.56 bits per heavy atom. The molecule has 5 nitrogen and oxygen atoms in total. The molecule has 0 radical (unpaired) electrons. The van der Waals surface area contributed by atoms with Gasteiger partial charge in [-0.1, -0.05) is 47.0 Å². The van der Waals surface area contributed by atoms with Crippen LogP contribution in [0.3, 0.4) is 0 Å². The van der Waals surface area contributed by atoms with Crippen LogP contribution in [0.15, 0.2) is 0 Å². The molecule has 2 unspecified atom stereocenters. The number of hydrogen-bond donors (Lipinski definition) is 1. The second-order valence-electron chi connectivity index (χ2n) is 8.45. The van der Waals surface area contributed by atoms with Crippen LogP contribution in [-0.4, -0.2) is 35.7 Å². The molecule has 0 spiro atoms. The van der Waals surface area contributed by atoms with E-state index in [0.29, 0.717) is 19.4 Å². The van der Waals surface area contributed by atoms with Gasteiger partial charge in [-0.25, -0.2) is 0 Å². The molecule has 142 valence electrons. The van der Waals surface area contributed by atoms with Crippen molar-refractivity contribution in [3.8, 4) is 0 Å². The zero-order valence-electron chi connectivity index (χ0n) is 16.3. The first-order chi connectivity index (χ1) is 11.8. The fraction of sp³-hybridized carbons (Fsp3) is 0.850. The van der Waals surface area contributed by atoms with Crippen LogP contribution in [0.2, 0.25) is 0 Å². The molecule has 1 saturated carbocycles. The molecular weight excluding hydrogens is 316 g/mol. The van der Waals surface area contributed by atoms with E-state index in [0.717, 1.165) is 32.2 Å². The average molecular weight is 351 g/mol. The minimum atomic E-state index is -0.451. The summed E-state index contributed by atoms with van der Waals surface area (Å²) < 4.78 is 0. The maximum atomic E-state index is 12.9. The topological polar surface area (TPSA) is 66.5 Å². The minimum Gasteiger partial charge on any atom is -0.356 e. The summed E-state index contributed by atoms with van der Waals surface area (Å²) in [6, 6.07) is 0. The summed E-state index contributed by atoms with van der Waals surface area (Å²) in [7, 11) is 0. The number of carbonyl (C=O) groups excluding carboxylic acids is 3. The smallest absolute Gasteiger partial charge is 0.235 e. The predicted molar refractivity (Wildman–Crippen MR) is 97.7 cm³/mol. The molecule has 2 rings (SSSR count). The number of nitrogens with zero attached hydrogens (tertiary/aromatic N) is 1. The summed E-state index contributed by atoms with van der Waals surface area (Å²) in [6.07, 6.45) is 7.03. The Labute approximate surface area is 151 Å². The zero-order valence-corrected chi connectivity index (χ0v) is 16.3. The first-order valence-corrected chi connectivity index (χ1v) is 9.88. The minimum absolute atomic E-state index is 0.0166. The molecule has 2 fully saturated rings. The van der Waals surface area contributed by atoms with Crippen LogP contribution in [0, 0.1) is 16.7 Å². The van der Waals surface area contributed by atoms with Crippen molar-refractivity contribution in [1.29, 1.82) is 0 Å². The van der Waals surface area contributed by atoms with Gasteiger partial charge in [-0.05, 0) is 31.1 Å². The molecule has 0 aromatic rings. The van der Waals surface area contributed by atoms with Crippen molar-refractivity contribution in [2.24, 2.45) is 16.7 Å². The van der Waals surface area contributed by atoms with Crippen molar-refractivity contribution in [1.82, 2.24) is 10.2 Å². The Hall–Kier alpha value is -1.39. The molecule has 1 N–H and O–H groups in total. The first-order valence-electron chi connectivity index (χ1n) is 9.88. The summed E-state index contributed by atoms with van der Waals surface area (Å²) in [6.45, 7) is 9.33. The van der Waals surface area contributed by atoms with Crippen LogP contribution in [-0.2, 0) is 14.4 Å². The van der Waals surface area contributed by atoms with Crippen LogP contribution in [0.5, 0.6) is 0 Å². The average Bonchev–Trinajstić information content (AvgIpc) is 2.75. The maximum Gasteiger partial charge on any atom is 0.235 e. The number of unbranched alkanes of at least 4 members (excludes halogenated alkanes) is 3. The number of fused-ring (bicyclic) bond motifs is 2. The predicted octanol–water partition coefficient (Wildman–Crippen LogP) is 3.27. The van der Waals surface area contributed by atoms with Gasteiger partial charge >= 0.3 is 0 Å². The standard InChI is InChI=1S/C20H34N2O3/c1-5-6-7-8-13-21-16(23)10-9-14-22-17(24)15-11-12-20(4,18(22)25)19(15,2)3/h15H,5-14H2,1-4H3,(H,21,23). The molecule has 0 aromatic heterocycles. The van der Waals surface area contributed by atoms with E-state index < -0.39 is 5.41 Å². The molecule has 1 heterocycles. The van der Waals surface area contributed by atoms with E-state index in [9.17, 15) is 14.4 Å². The van der Waals surface area contributed by atoms with Crippen molar-refractivity contribution < 1.29 is 14.4 Å². The van der Waals surface area contributed by atoms with Crippen molar-refractivity contribution >= 4 is 17.7 Å². The lowest BCUT2D eigenvalue weighted by atomic mass is 9.62. The van der Waals surface area contributed by atoms with Gasteiger partial charge in [0.15, 0.2) is 0 Å². The SMILES string of the molecule is CCCCCCNC(=O)CCCN1C(=O)C2CCC(C)(C1=O)C2(C)C. The summed E-state index contributed by atoms with van der Waals surface area (Å²) in [5, 5.41) is 2.92. The Morgan fingerprint density at radius 1 is 1.16 bits per heavy atom. The van der Waals surface area contributed by atoms with Gasteiger partial charge in [-0.2, -0.15) is 0 Å². The Kier molecular flexibility index (Phi) is 6.28. The van der Waals surface area contributed by atoms with Crippen LogP contribution in [0.1, 0.15) is 79.1 Å². The van der Waals surface area contributed by atoms with Gasteiger partial charge in [0.05, 0.1) is 5.41 Å². The van der Waals surface area contributed by atoms with Crippen molar-refractivity contribution in [2.75, 3.05) is 13.1 Å². The van der Waals surface area contributed by atoms with Gasteiger partial charge in [0.25, 0.3) is 0 Å². The van der Waals surface area contributed by atoms with Crippen LogP contribution in [0.25, 0.3) is 0 Å². The number of rotatable bonds is 9. The van der Waals surface area contributed by atoms with E-state index in [4.69, 9.17) is 0 Å². The van der Waals surface area contributed by atoms with E-state index in [2.05, 4.69) is 12.2 Å². The third kappa shape index (κ3) is 3.75. The molecule has 0 aromatic carbocycles. The van der Waals surface area contributed by atoms with E-state index in [1.807, 2.05) is 20.8 Å². The molecule has 25 heavy (non-hydrogen) atoms. The largest absolute Gasteiger partial charge is 0.356 e. The molecule has 1 aliphatic heterocycles. The van der Waals surface area contributed by atoms with Crippen molar-refractivity contribution in [2.45, 2.75) is 79.1 Å². The molecule has 1 aliphatic carbocycles. The lowest BCUT2D eigenvalue weighted by Gasteiger charge is -2.47. The third-order valence-corrected chi connectivity index (χ3v) is 6.65. The highest BCUT2D eigenvalue weighted by Gasteiger charge is 2.64. The van der Waals surface area contributed by atoms with Gasteiger partial charge in [0, 0.05) is 25.4 Å². The van der Waals surface area contributed by atoms with Crippen LogP contribution >= 0.6 is 0 Å². The fourth-order valence-electron chi connectivity index (χ4n) is 4.38. The molecule has 2 atom stereocenters. The van der Waals surface area contributed by atoms with E-state index >= 15 is 0 Å². The van der Waals surface area contributed by atoms with Gasteiger partial charge < -0.3 is 5.32 Å². The van der Waals surface area contributed by atoms with E-state index in [1.54, 1.807) is 0 Å². The molecule has 5 heteroatoms. The number of nitrogens with one attached hydrogen (secondary N) is 1. The second-order valence-corrected chi connectivity index (χ2v) is 8.45. The highest BCUT2D eigenvalue weighted by Crippen LogP contribution is 2.59. The summed E-state index contributed by atoms with van der Waals surface area (Å²) in [5.41, 5.74) is -0.722. The summed E-state index contributed by atoms with van der Waals surface area (Å²) in [4.78, 5) is 38.9. The third-order valence-electron chi connectivity index (χ3n) is 6.65. The second kappa shape index (κ2) is 7.88. The van der Waals surface area contributed by atoms with E-state index in [-0.39, 0.29) is 29.1 Å². The number of carbonyl (C=O) groups is 3. The summed E-state index contributed by atoms with van der Waals surface area (Å²) in [5.74, 6) is -0.133. The molecule has 3 amide bonds. The number of hydrogen-bond acceptors (Lipinski definition) is 3. The van der Waals surface area contributed by atoms with E-state index in [1.165, 1.54) is 17.7 Å². The molecule has 1 saturated heterocycles. The molecular formula is C20H34N2O3. The lowest BCUT2D eigenvalue weighted by molar-refractivity contribution is -0.168. The van der Waals surface area contributed by atoms with Gasteiger partial charge in [0.2, 0.25) is 17.7 Å². The Bertz CT molecular complexity index is 529. The van der Waals surface area contributed by atoms with Crippen LogP contribution < -0.4 is 5.32 Å². The highest BCUT2D eigenvalue weighted by atomic mass is 16.2. The number of piperidine rings is 1. The monoisotopic (exact) mass is 350 g/mol. The van der Waals surface area contributed by atoms with Crippen molar-refractivity contribution in [3.63, 3.8) is 0 Å².